The monoisotopic (exact) mass is 394 g/mol. The van der Waals surface area contributed by atoms with Gasteiger partial charge in [0.25, 0.3) is 15.7 Å². The maximum atomic E-state index is 13.2. The lowest BCUT2D eigenvalue weighted by Crippen LogP contribution is -2.43. The zero-order valence-electron chi connectivity index (χ0n) is 14.6. The van der Waals surface area contributed by atoms with Crippen molar-refractivity contribution in [2.75, 3.05) is 10.9 Å². The molecule has 1 atom stereocenters. The van der Waals surface area contributed by atoms with Gasteiger partial charge < -0.3 is 9.84 Å². The summed E-state index contributed by atoms with van der Waals surface area (Å²) in [6.07, 6.45) is 0. The number of nitrogens with zero attached hydrogens (tertiary/aromatic N) is 2. The van der Waals surface area contributed by atoms with Gasteiger partial charge >= 0.3 is 5.97 Å². The molecule has 2 rings (SSSR count). The van der Waals surface area contributed by atoms with Crippen molar-refractivity contribution in [1.29, 1.82) is 0 Å². The summed E-state index contributed by atoms with van der Waals surface area (Å²) >= 11 is 0. The van der Waals surface area contributed by atoms with Gasteiger partial charge in [-0.05, 0) is 32.0 Å². The normalized spacial score (nSPS) is 12.2. The van der Waals surface area contributed by atoms with Crippen molar-refractivity contribution in [1.82, 2.24) is 0 Å². The molecule has 27 heavy (non-hydrogen) atoms. The number of benzene rings is 2. The molecule has 0 radical (unpaired) electrons. The van der Waals surface area contributed by atoms with E-state index in [4.69, 9.17) is 4.74 Å². The van der Waals surface area contributed by atoms with E-state index in [1.165, 1.54) is 31.2 Å². The number of para-hydroxylation sites is 2. The largest absolute Gasteiger partial charge is 0.492 e. The van der Waals surface area contributed by atoms with E-state index in [1.54, 1.807) is 19.1 Å². The van der Waals surface area contributed by atoms with E-state index in [0.717, 1.165) is 12.1 Å². The van der Waals surface area contributed by atoms with Gasteiger partial charge in [-0.2, -0.15) is 0 Å². The Hall–Kier alpha value is -3.14. The van der Waals surface area contributed by atoms with Crippen LogP contribution in [0.2, 0.25) is 0 Å². The number of hydrogen-bond acceptors (Lipinski definition) is 6. The van der Waals surface area contributed by atoms with Crippen molar-refractivity contribution < 1.29 is 28.0 Å². The average molecular weight is 394 g/mol. The second-order valence-corrected chi connectivity index (χ2v) is 7.29. The number of nitro groups is 1. The van der Waals surface area contributed by atoms with Crippen LogP contribution in [0.1, 0.15) is 13.8 Å². The number of carbonyl (C=O) groups is 1. The summed E-state index contributed by atoms with van der Waals surface area (Å²) in [5.74, 6) is -1.20. The summed E-state index contributed by atoms with van der Waals surface area (Å²) in [5.41, 5.74) is -0.391. The van der Waals surface area contributed by atoms with Crippen LogP contribution in [0.3, 0.4) is 0 Å². The number of carboxylic acids is 1. The van der Waals surface area contributed by atoms with E-state index < -0.39 is 37.5 Å². The van der Waals surface area contributed by atoms with Crippen molar-refractivity contribution in [2.45, 2.75) is 24.8 Å². The lowest BCUT2D eigenvalue weighted by atomic mass is 10.2. The van der Waals surface area contributed by atoms with Crippen LogP contribution in [-0.4, -0.2) is 37.1 Å². The number of anilines is 1. The Kier molecular flexibility index (Phi) is 6.01. The standard InChI is InChI=1S/C17H18N2O7S/c1-3-26-16-10-5-4-9-15(16)18(12(2)17(20)21)27(24,25)14-8-6-7-13(11-14)19(22)23/h4-12H,3H2,1-2H3,(H,20,21). The summed E-state index contributed by atoms with van der Waals surface area (Å²) in [4.78, 5) is 21.4. The van der Waals surface area contributed by atoms with Gasteiger partial charge in [0.15, 0.2) is 0 Å². The molecule has 0 heterocycles. The molecule has 0 bridgehead atoms. The van der Waals surface area contributed by atoms with Gasteiger partial charge in [0, 0.05) is 12.1 Å². The highest BCUT2D eigenvalue weighted by molar-refractivity contribution is 7.93. The minimum absolute atomic E-state index is 0.0285. The van der Waals surface area contributed by atoms with Crippen LogP contribution >= 0.6 is 0 Å². The van der Waals surface area contributed by atoms with Gasteiger partial charge in [-0.1, -0.05) is 18.2 Å². The van der Waals surface area contributed by atoms with E-state index in [0.29, 0.717) is 4.31 Å². The van der Waals surface area contributed by atoms with Crippen molar-refractivity contribution in [2.24, 2.45) is 0 Å². The Balaban J connectivity index is 2.69. The molecule has 0 saturated carbocycles. The summed E-state index contributed by atoms with van der Waals surface area (Å²) in [6, 6.07) is 9.06. The molecule has 0 aliphatic rings. The minimum atomic E-state index is -4.43. The molecule has 2 aromatic carbocycles. The molecular formula is C17H18N2O7S. The first-order valence-electron chi connectivity index (χ1n) is 7.93. The molecule has 1 N–H and O–H groups in total. The predicted molar refractivity (Wildman–Crippen MR) is 97.5 cm³/mol. The summed E-state index contributed by atoms with van der Waals surface area (Å²) in [5, 5.41) is 20.4. The maximum absolute atomic E-state index is 13.2. The maximum Gasteiger partial charge on any atom is 0.327 e. The van der Waals surface area contributed by atoms with Crippen LogP contribution in [-0.2, 0) is 14.8 Å². The lowest BCUT2D eigenvalue weighted by Gasteiger charge is -2.29. The molecule has 0 amide bonds. The van der Waals surface area contributed by atoms with Crippen LogP contribution in [0.5, 0.6) is 5.75 Å². The van der Waals surface area contributed by atoms with Crippen molar-refractivity contribution in [3.63, 3.8) is 0 Å². The number of aliphatic carboxylic acids is 1. The second-order valence-electron chi connectivity index (χ2n) is 5.47. The van der Waals surface area contributed by atoms with E-state index in [-0.39, 0.29) is 18.0 Å². The van der Waals surface area contributed by atoms with Crippen LogP contribution in [0.4, 0.5) is 11.4 Å². The third-order valence-corrected chi connectivity index (χ3v) is 5.58. The summed E-state index contributed by atoms with van der Waals surface area (Å²) in [7, 11) is -4.43. The van der Waals surface area contributed by atoms with E-state index in [9.17, 15) is 28.4 Å². The Labute approximate surface area is 156 Å². The highest BCUT2D eigenvalue weighted by Gasteiger charge is 2.35. The zero-order valence-corrected chi connectivity index (χ0v) is 15.4. The van der Waals surface area contributed by atoms with Crippen LogP contribution in [0.15, 0.2) is 53.4 Å². The topological polar surface area (TPSA) is 127 Å². The molecule has 0 saturated heterocycles. The first-order valence-corrected chi connectivity index (χ1v) is 9.37. The molecule has 144 valence electrons. The van der Waals surface area contributed by atoms with E-state index in [2.05, 4.69) is 0 Å². The fourth-order valence-corrected chi connectivity index (χ4v) is 4.10. The van der Waals surface area contributed by atoms with Gasteiger partial charge in [-0.15, -0.1) is 0 Å². The van der Waals surface area contributed by atoms with Crippen LogP contribution in [0.25, 0.3) is 0 Å². The molecule has 1 unspecified atom stereocenters. The smallest absolute Gasteiger partial charge is 0.327 e. The number of carboxylic acid groups (broad SMARTS) is 1. The number of non-ortho nitro benzene ring substituents is 1. The molecule has 0 fully saturated rings. The SMILES string of the molecule is CCOc1ccccc1N(C(C)C(=O)O)S(=O)(=O)c1cccc([N+](=O)[O-])c1. The van der Waals surface area contributed by atoms with Gasteiger partial charge in [-0.25, -0.2) is 17.5 Å². The fraction of sp³-hybridized carbons (Fsp3) is 0.235. The molecule has 0 aliphatic carbocycles. The predicted octanol–water partition coefficient (Wildman–Crippen LogP) is 2.66. The van der Waals surface area contributed by atoms with Crippen molar-refractivity contribution >= 4 is 27.4 Å². The number of nitro benzene ring substituents is 1. The average Bonchev–Trinajstić information content (AvgIpc) is 2.63. The molecule has 0 aromatic heterocycles. The van der Waals surface area contributed by atoms with Crippen molar-refractivity contribution in [3.05, 3.63) is 58.6 Å². The molecule has 0 aliphatic heterocycles. The lowest BCUT2D eigenvalue weighted by molar-refractivity contribution is -0.385. The van der Waals surface area contributed by atoms with Gasteiger partial charge in [-0.3, -0.25) is 10.1 Å². The van der Waals surface area contributed by atoms with Gasteiger partial charge in [0.1, 0.15) is 11.8 Å². The van der Waals surface area contributed by atoms with E-state index in [1.807, 2.05) is 0 Å². The first kappa shape index (κ1) is 20.2. The molecule has 9 nitrogen and oxygen atoms in total. The fourth-order valence-electron chi connectivity index (χ4n) is 2.43. The summed E-state index contributed by atoms with van der Waals surface area (Å²) < 4.78 is 32.5. The zero-order chi connectivity index (χ0) is 20.2. The van der Waals surface area contributed by atoms with Crippen molar-refractivity contribution in [3.8, 4) is 5.75 Å². The van der Waals surface area contributed by atoms with Crippen LogP contribution < -0.4 is 9.04 Å². The highest BCUT2D eigenvalue weighted by atomic mass is 32.2. The third-order valence-electron chi connectivity index (χ3n) is 3.70. The molecule has 2 aromatic rings. The Morgan fingerprint density at radius 1 is 1.26 bits per heavy atom. The quantitative estimate of drug-likeness (QED) is 0.538. The highest BCUT2D eigenvalue weighted by Crippen LogP contribution is 2.35. The Morgan fingerprint density at radius 3 is 2.52 bits per heavy atom. The summed E-state index contributed by atoms with van der Waals surface area (Å²) in [6.45, 7) is 3.15. The molecule has 10 heteroatoms. The Bertz CT molecular complexity index is 959. The second kappa shape index (κ2) is 8.04. The molecular weight excluding hydrogens is 376 g/mol. The minimum Gasteiger partial charge on any atom is -0.492 e. The number of hydrogen-bond donors (Lipinski definition) is 1. The van der Waals surface area contributed by atoms with Gasteiger partial charge in [0.2, 0.25) is 0 Å². The van der Waals surface area contributed by atoms with Gasteiger partial charge in [0.05, 0.1) is 22.1 Å². The Morgan fingerprint density at radius 2 is 1.93 bits per heavy atom. The third kappa shape index (κ3) is 4.17. The number of ether oxygens (including phenoxy) is 1. The molecule has 0 spiro atoms. The van der Waals surface area contributed by atoms with Crippen LogP contribution in [0, 0.1) is 10.1 Å². The van der Waals surface area contributed by atoms with E-state index >= 15 is 0 Å². The number of rotatable bonds is 8. The first-order chi connectivity index (χ1) is 12.7. The number of sulfonamides is 1.